The highest BCUT2D eigenvalue weighted by Crippen LogP contribution is 2.27. The van der Waals surface area contributed by atoms with Crippen LogP contribution in [0.2, 0.25) is 0 Å². The van der Waals surface area contributed by atoms with Crippen molar-refractivity contribution < 1.29 is 4.74 Å². The number of anilines is 1. The van der Waals surface area contributed by atoms with Crippen LogP contribution in [-0.2, 0) is 0 Å². The van der Waals surface area contributed by atoms with Gasteiger partial charge < -0.3 is 10.1 Å². The van der Waals surface area contributed by atoms with Gasteiger partial charge in [0.1, 0.15) is 11.6 Å². The third-order valence-electron chi connectivity index (χ3n) is 4.40. The van der Waals surface area contributed by atoms with Crippen molar-refractivity contribution in [3.63, 3.8) is 0 Å². The molecular formula is C20H20N4O. The zero-order chi connectivity index (χ0) is 17.4. The summed E-state index contributed by atoms with van der Waals surface area (Å²) in [7, 11) is 1.68. The Bertz CT molecular complexity index is 1040. The molecule has 2 heterocycles. The molecule has 4 rings (SSSR count). The Morgan fingerprint density at radius 3 is 2.60 bits per heavy atom. The lowest BCUT2D eigenvalue weighted by molar-refractivity contribution is 0.414. The zero-order valence-electron chi connectivity index (χ0n) is 14.5. The quantitative estimate of drug-likeness (QED) is 0.603. The van der Waals surface area contributed by atoms with Gasteiger partial charge in [-0.2, -0.15) is 5.10 Å². The highest BCUT2D eigenvalue weighted by molar-refractivity contribution is 5.91. The molecule has 2 aromatic heterocycles. The number of para-hydroxylation sites is 1. The smallest absolute Gasteiger partial charge is 0.158 e. The van der Waals surface area contributed by atoms with Crippen molar-refractivity contribution in [3.05, 3.63) is 65.9 Å². The molecule has 5 heteroatoms. The molecule has 1 N–H and O–H groups in total. The molecule has 0 unspecified atom stereocenters. The van der Waals surface area contributed by atoms with Gasteiger partial charge in [-0.15, -0.1) is 0 Å². The second-order valence-electron chi connectivity index (χ2n) is 6.17. The van der Waals surface area contributed by atoms with E-state index in [0.29, 0.717) is 0 Å². The van der Waals surface area contributed by atoms with E-state index in [4.69, 9.17) is 9.72 Å². The Morgan fingerprint density at radius 1 is 1.08 bits per heavy atom. The highest BCUT2D eigenvalue weighted by Gasteiger charge is 2.13. The van der Waals surface area contributed by atoms with Gasteiger partial charge in [0.05, 0.1) is 18.3 Å². The summed E-state index contributed by atoms with van der Waals surface area (Å²) >= 11 is 0. The Hall–Kier alpha value is -3.08. The fourth-order valence-corrected chi connectivity index (χ4v) is 3.07. The van der Waals surface area contributed by atoms with Crippen molar-refractivity contribution in [2.24, 2.45) is 0 Å². The maximum atomic E-state index is 5.23. The second kappa shape index (κ2) is 6.09. The summed E-state index contributed by atoms with van der Waals surface area (Å²) in [5, 5.41) is 9.15. The Kier molecular flexibility index (Phi) is 3.76. The van der Waals surface area contributed by atoms with Crippen molar-refractivity contribution >= 4 is 22.4 Å². The van der Waals surface area contributed by atoms with Crippen LogP contribution in [0.4, 0.5) is 5.82 Å². The van der Waals surface area contributed by atoms with Gasteiger partial charge in [-0.1, -0.05) is 24.3 Å². The number of fused-ring (bicyclic) bond motifs is 3. The van der Waals surface area contributed by atoms with Crippen LogP contribution in [-0.4, -0.2) is 21.7 Å². The summed E-state index contributed by atoms with van der Waals surface area (Å²) in [5.41, 5.74) is 4.03. The average molecular weight is 332 g/mol. The first-order valence-electron chi connectivity index (χ1n) is 8.31. The molecule has 1 atom stereocenters. The Labute approximate surface area is 146 Å². The third kappa shape index (κ3) is 2.78. The van der Waals surface area contributed by atoms with E-state index in [1.807, 2.05) is 41.8 Å². The fraction of sp³-hybridized carbons (Fsp3) is 0.200. The topological polar surface area (TPSA) is 51.5 Å². The van der Waals surface area contributed by atoms with Crippen molar-refractivity contribution in [2.45, 2.75) is 19.9 Å². The normalized spacial score (nSPS) is 12.4. The SMILES string of the molecule is COc1ccc([C@@H](C)Nc2nc3cc(C)nn3c3ccccc23)cc1. The first-order chi connectivity index (χ1) is 12.2. The third-order valence-corrected chi connectivity index (χ3v) is 4.40. The van der Waals surface area contributed by atoms with Crippen LogP contribution < -0.4 is 10.1 Å². The summed E-state index contributed by atoms with van der Waals surface area (Å²) < 4.78 is 7.13. The van der Waals surface area contributed by atoms with Gasteiger partial charge in [-0.05, 0) is 43.7 Å². The minimum atomic E-state index is 0.119. The molecule has 0 fully saturated rings. The number of nitrogens with zero attached hydrogens (tertiary/aromatic N) is 3. The van der Waals surface area contributed by atoms with Crippen LogP contribution in [0.5, 0.6) is 5.75 Å². The first-order valence-corrected chi connectivity index (χ1v) is 8.31. The van der Waals surface area contributed by atoms with Crippen LogP contribution in [0.1, 0.15) is 24.2 Å². The minimum Gasteiger partial charge on any atom is -0.497 e. The molecule has 25 heavy (non-hydrogen) atoms. The van der Waals surface area contributed by atoms with Crippen LogP contribution in [0, 0.1) is 6.92 Å². The number of aromatic nitrogens is 3. The molecule has 0 aliphatic rings. The standard InChI is InChI=1S/C20H20N4O/c1-13-12-19-22-20(17-6-4-5-7-18(17)24(19)23-13)21-14(2)15-8-10-16(25-3)11-9-15/h4-12,14H,1-3H3,(H,21,22)/t14-/m1/s1. The van der Waals surface area contributed by atoms with Crippen molar-refractivity contribution in [1.82, 2.24) is 14.6 Å². The molecule has 0 radical (unpaired) electrons. The van der Waals surface area contributed by atoms with E-state index in [0.717, 1.165) is 33.8 Å². The van der Waals surface area contributed by atoms with E-state index in [2.05, 4.69) is 41.6 Å². The molecule has 0 amide bonds. The van der Waals surface area contributed by atoms with E-state index in [-0.39, 0.29) is 6.04 Å². The van der Waals surface area contributed by atoms with Crippen molar-refractivity contribution in [3.8, 4) is 5.75 Å². The van der Waals surface area contributed by atoms with Gasteiger partial charge in [0.15, 0.2) is 5.65 Å². The number of aryl methyl sites for hydroxylation is 1. The largest absolute Gasteiger partial charge is 0.497 e. The lowest BCUT2D eigenvalue weighted by atomic mass is 10.1. The van der Waals surface area contributed by atoms with Gasteiger partial charge in [0.2, 0.25) is 0 Å². The molecular weight excluding hydrogens is 312 g/mol. The molecule has 126 valence electrons. The molecule has 5 nitrogen and oxygen atoms in total. The monoisotopic (exact) mass is 332 g/mol. The zero-order valence-corrected chi connectivity index (χ0v) is 14.5. The predicted molar refractivity (Wildman–Crippen MR) is 100 cm³/mol. The summed E-state index contributed by atoms with van der Waals surface area (Å²) in [4.78, 5) is 4.79. The molecule has 0 spiro atoms. The molecule has 0 saturated carbocycles. The number of benzene rings is 2. The fourth-order valence-electron chi connectivity index (χ4n) is 3.07. The van der Waals surface area contributed by atoms with Gasteiger partial charge >= 0.3 is 0 Å². The summed E-state index contributed by atoms with van der Waals surface area (Å²) in [6.45, 7) is 4.11. The molecule has 0 saturated heterocycles. The Morgan fingerprint density at radius 2 is 1.84 bits per heavy atom. The molecule has 4 aromatic rings. The lowest BCUT2D eigenvalue weighted by Crippen LogP contribution is -2.09. The van der Waals surface area contributed by atoms with Crippen molar-refractivity contribution in [2.75, 3.05) is 12.4 Å². The van der Waals surface area contributed by atoms with Gasteiger partial charge in [0, 0.05) is 17.5 Å². The van der Waals surface area contributed by atoms with Gasteiger partial charge in [0.25, 0.3) is 0 Å². The number of ether oxygens (including phenoxy) is 1. The average Bonchev–Trinajstić information content (AvgIpc) is 3.02. The van der Waals surface area contributed by atoms with E-state index >= 15 is 0 Å². The number of hydrogen-bond donors (Lipinski definition) is 1. The number of nitrogens with one attached hydrogen (secondary N) is 1. The molecule has 0 bridgehead atoms. The lowest BCUT2D eigenvalue weighted by Gasteiger charge is -2.17. The predicted octanol–water partition coefficient (Wildman–Crippen LogP) is 4.37. The number of hydrogen-bond acceptors (Lipinski definition) is 4. The molecule has 2 aromatic carbocycles. The van der Waals surface area contributed by atoms with Crippen LogP contribution in [0.25, 0.3) is 16.6 Å². The summed E-state index contributed by atoms with van der Waals surface area (Å²) in [6, 6.07) is 18.4. The van der Waals surface area contributed by atoms with E-state index < -0.39 is 0 Å². The van der Waals surface area contributed by atoms with E-state index in [1.165, 1.54) is 5.56 Å². The van der Waals surface area contributed by atoms with Crippen molar-refractivity contribution in [1.29, 1.82) is 0 Å². The van der Waals surface area contributed by atoms with Gasteiger partial charge in [-0.3, -0.25) is 0 Å². The highest BCUT2D eigenvalue weighted by atomic mass is 16.5. The molecule has 0 aliphatic carbocycles. The van der Waals surface area contributed by atoms with Crippen LogP contribution >= 0.6 is 0 Å². The Balaban J connectivity index is 1.76. The summed E-state index contributed by atoms with van der Waals surface area (Å²) in [6.07, 6.45) is 0. The first kappa shape index (κ1) is 15.4. The molecule has 0 aliphatic heterocycles. The van der Waals surface area contributed by atoms with Crippen LogP contribution in [0.15, 0.2) is 54.6 Å². The maximum absolute atomic E-state index is 5.23. The van der Waals surface area contributed by atoms with Gasteiger partial charge in [-0.25, -0.2) is 9.50 Å². The van der Waals surface area contributed by atoms with E-state index in [1.54, 1.807) is 7.11 Å². The second-order valence-corrected chi connectivity index (χ2v) is 6.17. The number of methoxy groups -OCH3 is 1. The van der Waals surface area contributed by atoms with Crippen LogP contribution in [0.3, 0.4) is 0 Å². The summed E-state index contributed by atoms with van der Waals surface area (Å²) in [5.74, 6) is 1.72. The number of rotatable bonds is 4. The van der Waals surface area contributed by atoms with E-state index in [9.17, 15) is 0 Å². The maximum Gasteiger partial charge on any atom is 0.158 e. The minimum absolute atomic E-state index is 0.119.